The number of benzene rings is 2. The van der Waals surface area contributed by atoms with E-state index in [1.54, 1.807) is 12.1 Å². The van der Waals surface area contributed by atoms with E-state index < -0.39 is 0 Å². The van der Waals surface area contributed by atoms with Gasteiger partial charge in [-0.25, -0.2) is 4.98 Å². The molecule has 1 amide bonds. The van der Waals surface area contributed by atoms with Crippen molar-refractivity contribution in [3.05, 3.63) is 84.1 Å². The SMILES string of the molecule is CCCn1c(CN2CCN(Cc3ccccc3)CC2)nc2cc(NC(=O)c3ccco3)ccc21. The molecule has 0 atom stereocenters. The van der Waals surface area contributed by atoms with Crippen molar-refractivity contribution in [1.29, 1.82) is 0 Å². The summed E-state index contributed by atoms with van der Waals surface area (Å²) in [4.78, 5) is 22.3. The molecule has 0 saturated carbocycles. The molecule has 0 spiro atoms. The number of nitrogens with zero attached hydrogens (tertiary/aromatic N) is 4. The van der Waals surface area contributed by atoms with Crippen LogP contribution in [0.1, 0.15) is 35.3 Å². The Morgan fingerprint density at radius 1 is 0.971 bits per heavy atom. The zero-order valence-corrected chi connectivity index (χ0v) is 19.6. The first-order valence-electron chi connectivity index (χ1n) is 12.0. The van der Waals surface area contributed by atoms with Crippen molar-refractivity contribution in [2.45, 2.75) is 33.0 Å². The van der Waals surface area contributed by atoms with Crippen LogP contribution in [-0.4, -0.2) is 51.4 Å². The summed E-state index contributed by atoms with van der Waals surface area (Å²) >= 11 is 0. The molecule has 5 rings (SSSR count). The highest BCUT2D eigenvalue weighted by molar-refractivity contribution is 6.03. The number of imidazole rings is 1. The number of anilines is 1. The predicted molar refractivity (Wildman–Crippen MR) is 134 cm³/mol. The van der Waals surface area contributed by atoms with Crippen LogP contribution < -0.4 is 5.32 Å². The third-order valence-electron chi connectivity index (χ3n) is 6.36. The quantitative estimate of drug-likeness (QED) is 0.419. The topological polar surface area (TPSA) is 66.5 Å². The second kappa shape index (κ2) is 10.2. The van der Waals surface area contributed by atoms with Gasteiger partial charge in [0.05, 0.1) is 23.8 Å². The van der Waals surface area contributed by atoms with E-state index in [0.29, 0.717) is 5.76 Å². The molecule has 1 fully saturated rings. The minimum absolute atomic E-state index is 0.258. The Morgan fingerprint density at radius 2 is 1.74 bits per heavy atom. The van der Waals surface area contributed by atoms with Crippen LogP contribution in [0.25, 0.3) is 11.0 Å². The third kappa shape index (κ3) is 5.05. The molecule has 1 aliphatic heterocycles. The van der Waals surface area contributed by atoms with Crippen LogP contribution in [0.5, 0.6) is 0 Å². The molecular formula is C27H31N5O2. The molecule has 176 valence electrons. The molecule has 3 heterocycles. The molecule has 2 aromatic carbocycles. The molecule has 7 nitrogen and oxygen atoms in total. The summed E-state index contributed by atoms with van der Waals surface area (Å²) < 4.78 is 7.52. The largest absolute Gasteiger partial charge is 0.459 e. The first-order valence-corrected chi connectivity index (χ1v) is 12.0. The van der Waals surface area contributed by atoms with Gasteiger partial charge >= 0.3 is 0 Å². The molecule has 34 heavy (non-hydrogen) atoms. The number of furan rings is 1. The minimum Gasteiger partial charge on any atom is -0.459 e. The van der Waals surface area contributed by atoms with Gasteiger partial charge in [0.15, 0.2) is 5.76 Å². The van der Waals surface area contributed by atoms with Crippen LogP contribution in [0.15, 0.2) is 71.3 Å². The number of rotatable bonds is 8. The second-order valence-electron chi connectivity index (χ2n) is 8.85. The monoisotopic (exact) mass is 457 g/mol. The van der Waals surface area contributed by atoms with Crippen LogP contribution in [0, 0.1) is 0 Å². The molecule has 0 radical (unpaired) electrons. The lowest BCUT2D eigenvalue weighted by Crippen LogP contribution is -2.45. The molecule has 0 aliphatic carbocycles. The lowest BCUT2D eigenvalue weighted by Gasteiger charge is -2.34. The van der Waals surface area contributed by atoms with Crippen LogP contribution in [0.3, 0.4) is 0 Å². The fourth-order valence-corrected chi connectivity index (χ4v) is 4.60. The summed E-state index contributed by atoms with van der Waals surface area (Å²) in [6.07, 6.45) is 2.54. The Hall–Kier alpha value is -3.42. The molecule has 0 unspecified atom stereocenters. The first-order chi connectivity index (χ1) is 16.7. The highest BCUT2D eigenvalue weighted by Gasteiger charge is 2.20. The van der Waals surface area contributed by atoms with Gasteiger partial charge < -0.3 is 14.3 Å². The van der Waals surface area contributed by atoms with Gasteiger partial charge in [-0.3, -0.25) is 14.6 Å². The van der Waals surface area contributed by atoms with Crippen LogP contribution >= 0.6 is 0 Å². The highest BCUT2D eigenvalue weighted by Crippen LogP contribution is 2.23. The number of hydrogen-bond donors (Lipinski definition) is 1. The molecule has 1 saturated heterocycles. The molecule has 0 bridgehead atoms. The Labute approximate surface area is 200 Å². The maximum Gasteiger partial charge on any atom is 0.291 e. The van der Waals surface area contributed by atoms with Gasteiger partial charge in [0.25, 0.3) is 5.91 Å². The zero-order valence-electron chi connectivity index (χ0n) is 19.6. The molecule has 4 aromatic rings. The van der Waals surface area contributed by atoms with Gasteiger partial charge in [-0.2, -0.15) is 0 Å². The number of carbonyl (C=O) groups is 1. The fourth-order valence-electron chi connectivity index (χ4n) is 4.60. The summed E-state index contributed by atoms with van der Waals surface area (Å²) in [5.41, 5.74) is 4.10. The van der Waals surface area contributed by atoms with E-state index in [-0.39, 0.29) is 5.91 Å². The van der Waals surface area contributed by atoms with Gasteiger partial charge in [-0.15, -0.1) is 0 Å². The van der Waals surface area contributed by atoms with Gasteiger partial charge in [-0.05, 0) is 42.3 Å². The Kier molecular flexibility index (Phi) is 6.74. The summed E-state index contributed by atoms with van der Waals surface area (Å²) in [6.45, 7) is 9.16. The van der Waals surface area contributed by atoms with Gasteiger partial charge in [0.1, 0.15) is 5.82 Å². The fraction of sp³-hybridized carbons (Fsp3) is 0.333. The first kappa shape index (κ1) is 22.4. The maximum atomic E-state index is 12.3. The molecular weight excluding hydrogens is 426 g/mol. The number of hydrogen-bond acceptors (Lipinski definition) is 5. The zero-order chi connectivity index (χ0) is 23.3. The minimum atomic E-state index is -0.258. The van der Waals surface area contributed by atoms with E-state index >= 15 is 0 Å². The Balaban J connectivity index is 1.27. The van der Waals surface area contributed by atoms with Crippen LogP contribution in [-0.2, 0) is 19.6 Å². The normalized spacial score (nSPS) is 15.1. The number of nitrogens with one attached hydrogen (secondary N) is 1. The van der Waals surface area contributed by atoms with E-state index in [9.17, 15) is 4.79 Å². The van der Waals surface area contributed by atoms with Crippen molar-refractivity contribution in [3.63, 3.8) is 0 Å². The molecule has 1 N–H and O–H groups in total. The van der Waals surface area contributed by atoms with Crippen molar-refractivity contribution in [2.75, 3.05) is 31.5 Å². The van der Waals surface area contributed by atoms with Crippen LogP contribution in [0.2, 0.25) is 0 Å². The van der Waals surface area contributed by atoms with Crippen LogP contribution in [0.4, 0.5) is 5.69 Å². The molecule has 7 heteroatoms. The van der Waals surface area contributed by atoms with E-state index in [1.807, 2.05) is 12.1 Å². The molecule has 1 aliphatic rings. The van der Waals surface area contributed by atoms with E-state index in [0.717, 1.165) is 74.8 Å². The Bertz CT molecular complexity index is 1220. The standard InChI is InChI=1S/C27H31N5O2/c1-2-12-32-24-11-10-22(28-27(33)25-9-6-17-34-25)18-23(24)29-26(32)20-31-15-13-30(14-16-31)19-21-7-4-3-5-8-21/h3-11,17-18H,2,12-16,19-20H2,1H3,(H,28,33). The highest BCUT2D eigenvalue weighted by atomic mass is 16.3. The Morgan fingerprint density at radius 3 is 2.44 bits per heavy atom. The van der Waals surface area contributed by atoms with Crippen molar-refractivity contribution < 1.29 is 9.21 Å². The number of amides is 1. The van der Waals surface area contributed by atoms with Gasteiger partial charge in [0.2, 0.25) is 0 Å². The summed E-state index contributed by atoms with van der Waals surface area (Å²) in [5.74, 6) is 1.12. The number of aromatic nitrogens is 2. The van der Waals surface area contributed by atoms with Crippen molar-refractivity contribution in [1.82, 2.24) is 19.4 Å². The average Bonchev–Trinajstić information content (AvgIpc) is 3.50. The van der Waals surface area contributed by atoms with Crippen molar-refractivity contribution >= 4 is 22.6 Å². The van der Waals surface area contributed by atoms with E-state index in [2.05, 4.69) is 63.0 Å². The predicted octanol–water partition coefficient (Wildman–Crippen LogP) is 4.61. The summed E-state index contributed by atoms with van der Waals surface area (Å²) in [5, 5.41) is 2.91. The summed E-state index contributed by atoms with van der Waals surface area (Å²) in [6, 6.07) is 20.0. The van der Waals surface area contributed by atoms with E-state index in [4.69, 9.17) is 9.40 Å². The number of aryl methyl sites for hydroxylation is 1. The average molecular weight is 458 g/mol. The van der Waals surface area contributed by atoms with Crippen molar-refractivity contribution in [2.24, 2.45) is 0 Å². The van der Waals surface area contributed by atoms with Crippen molar-refractivity contribution in [3.8, 4) is 0 Å². The lowest BCUT2D eigenvalue weighted by atomic mass is 10.2. The summed E-state index contributed by atoms with van der Waals surface area (Å²) in [7, 11) is 0. The van der Waals surface area contributed by atoms with E-state index in [1.165, 1.54) is 11.8 Å². The maximum absolute atomic E-state index is 12.3. The number of carbonyl (C=O) groups excluding carboxylic acids is 1. The smallest absolute Gasteiger partial charge is 0.291 e. The molecule has 2 aromatic heterocycles. The third-order valence-corrected chi connectivity index (χ3v) is 6.36. The number of fused-ring (bicyclic) bond motifs is 1. The lowest BCUT2D eigenvalue weighted by molar-refractivity contribution is 0.0996. The van der Waals surface area contributed by atoms with Gasteiger partial charge in [-0.1, -0.05) is 37.3 Å². The van der Waals surface area contributed by atoms with Gasteiger partial charge in [0, 0.05) is 45.0 Å². The second-order valence-corrected chi connectivity index (χ2v) is 8.85. The number of piperazine rings is 1.